The molecule has 0 aliphatic heterocycles. The van der Waals surface area contributed by atoms with E-state index in [1.807, 2.05) is 47.1 Å². The molecule has 19 heavy (non-hydrogen) atoms. The van der Waals surface area contributed by atoms with Gasteiger partial charge in [0.25, 0.3) is 0 Å². The molecule has 0 saturated carbocycles. The summed E-state index contributed by atoms with van der Waals surface area (Å²) < 4.78 is 2.02. The van der Waals surface area contributed by atoms with Gasteiger partial charge in [-0.15, -0.1) is 0 Å². The van der Waals surface area contributed by atoms with E-state index >= 15 is 0 Å². The van der Waals surface area contributed by atoms with Crippen molar-refractivity contribution in [2.45, 2.75) is 13.0 Å². The van der Waals surface area contributed by atoms with Crippen LogP contribution in [-0.4, -0.2) is 9.38 Å². The van der Waals surface area contributed by atoms with Crippen molar-refractivity contribution in [2.24, 2.45) is 5.73 Å². The Kier molecular flexibility index (Phi) is 3.23. The molecule has 0 atom stereocenters. The molecule has 3 aromatic rings. The van der Waals surface area contributed by atoms with E-state index in [4.69, 9.17) is 17.3 Å². The van der Waals surface area contributed by atoms with E-state index in [0.717, 1.165) is 33.9 Å². The van der Waals surface area contributed by atoms with Crippen LogP contribution < -0.4 is 5.73 Å². The molecular formula is C15H14ClN3. The van der Waals surface area contributed by atoms with Gasteiger partial charge >= 0.3 is 0 Å². The summed E-state index contributed by atoms with van der Waals surface area (Å²) in [6.07, 6.45) is 4.80. The van der Waals surface area contributed by atoms with Crippen LogP contribution in [0.3, 0.4) is 0 Å². The summed E-state index contributed by atoms with van der Waals surface area (Å²) in [5.41, 5.74) is 9.89. The first-order valence-electron chi connectivity index (χ1n) is 6.16. The number of imidazole rings is 1. The summed E-state index contributed by atoms with van der Waals surface area (Å²) in [7, 11) is 0. The summed E-state index contributed by atoms with van der Waals surface area (Å²) in [6.45, 7) is 0.498. The fourth-order valence-electron chi connectivity index (χ4n) is 2.22. The lowest BCUT2D eigenvalue weighted by Gasteiger charge is -1.98. The van der Waals surface area contributed by atoms with E-state index in [1.54, 1.807) is 0 Å². The highest BCUT2D eigenvalue weighted by Crippen LogP contribution is 2.16. The highest BCUT2D eigenvalue weighted by atomic mass is 35.5. The van der Waals surface area contributed by atoms with Crippen LogP contribution in [0.15, 0.2) is 48.8 Å². The van der Waals surface area contributed by atoms with Gasteiger partial charge in [0.1, 0.15) is 5.65 Å². The van der Waals surface area contributed by atoms with Crippen LogP contribution in [-0.2, 0) is 13.0 Å². The minimum Gasteiger partial charge on any atom is -0.326 e. The molecule has 2 heterocycles. The highest BCUT2D eigenvalue weighted by Gasteiger charge is 2.06. The topological polar surface area (TPSA) is 43.3 Å². The monoisotopic (exact) mass is 271 g/mol. The fourth-order valence-corrected chi connectivity index (χ4v) is 2.44. The van der Waals surface area contributed by atoms with Gasteiger partial charge in [-0.2, -0.15) is 0 Å². The number of benzene rings is 1. The average Bonchev–Trinajstić information content (AvgIpc) is 2.80. The predicted octanol–water partition coefficient (Wildman–Crippen LogP) is 3.04. The van der Waals surface area contributed by atoms with Crippen LogP contribution in [0.5, 0.6) is 0 Å². The summed E-state index contributed by atoms with van der Waals surface area (Å²) in [6, 6.07) is 11.8. The molecule has 1 aromatic carbocycles. The smallest absolute Gasteiger partial charge is 0.141 e. The van der Waals surface area contributed by atoms with Gasteiger partial charge in [-0.25, -0.2) is 4.98 Å². The van der Waals surface area contributed by atoms with Crippen molar-refractivity contribution < 1.29 is 0 Å². The van der Waals surface area contributed by atoms with Gasteiger partial charge in [-0.3, -0.25) is 0 Å². The summed E-state index contributed by atoms with van der Waals surface area (Å²) in [4.78, 5) is 4.65. The molecule has 2 N–H and O–H groups in total. The lowest BCUT2D eigenvalue weighted by Crippen LogP contribution is -1.99. The predicted molar refractivity (Wildman–Crippen MR) is 77.3 cm³/mol. The zero-order valence-electron chi connectivity index (χ0n) is 10.4. The number of rotatable bonds is 3. The Morgan fingerprint density at radius 1 is 1.21 bits per heavy atom. The molecular weight excluding hydrogens is 258 g/mol. The van der Waals surface area contributed by atoms with Crippen LogP contribution in [0, 0.1) is 0 Å². The van der Waals surface area contributed by atoms with Crippen molar-refractivity contribution in [3.05, 3.63) is 70.6 Å². The largest absolute Gasteiger partial charge is 0.326 e. The first kappa shape index (κ1) is 12.2. The standard InChI is InChI=1S/C15H14ClN3/c16-13-5-1-3-11(7-13)8-14-10-19-6-2-4-12(9-17)15(19)18-14/h1-7,10H,8-9,17H2. The minimum absolute atomic E-state index is 0.498. The zero-order chi connectivity index (χ0) is 13.2. The van der Waals surface area contributed by atoms with Crippen molar-refractivity contribution in [1.82, 2.24) is 9.38 Å². The van der Waals surface area contributed by atoms with Gasteiger partial charge in [0.05, 0.1) is 5.69 Å². The molecule has 2 aromatic heterocycles. The average molecular weight is 272 g/mol. The molecule has 3 nitrogen and oxygen atoms in total. The number of pyridine rings is 1. The Balaban J connectivity index is 1.98. The van der Waals surface area contributed by atoms with Gasteiger partial charge < -0.3 is 10.1 Å². The molecule has 0 bridgehead atoms. The molecule has 0 radical (unpaired) electrons. The van der Waals surface area contributed by atoms with E-state index in [2.05, 4.69) is 11.1 Å². The van der Waals surface area contributed by atoms with Gasteiger partial charge in [-0.05, 0) is 23.8 Å². The zero-order valence-corrected chi connectivity index (χ0v) is 11.1. The van der Waals surface area contributed by atoms with E-state index in [1.165, 1.54) is 0 Å². The minimum atomic E-state index is 0.498. The summed E-state index contributed by atoms with van der Waals surface area (Å²) in [5, 5.41) is 0.754. The first-order valence-corrected chi connectivity index (χ1v) is 6.54. The van der Waals surface area contributed by atoms with Crippen molar-refractivity contribution in [1.29, 1.82) is 0 Å². The van der Waals surface area contributed by atoms with Gasteiger partial charge in [0.2, 0.25) is 0 Å². The molecule has 96 valence electrons. The van der Waals surface area contributed by atoms with E-state index in [0.29, 0.717) is 6.54 Å². The normalized spacial score (nSPS) is 11.1. The van der Waals surface area contributed by atoms with Crippen molar-refractivity contribution in [3.63, 3.8) is 0 Å². The van der Waals surface area contributed by atoms with E-state index in [-0.39, 0.29) is 0 Å². The molecule has 0 aliphatic carbocycles. The Hall–Kier alpha value is -1.84. The van der Waals surface area contributed by atoms with Gasteiger partial charge in [0, 0.05) is 35.9 Å². The Bertz CT molecular complexity index is 718. The maximum Gasteiger partial charge on any atom is 0.141 e. The van der Waals surface area contributed by atoms with Crippen molar-refractivity contribution in [2.75, 3.05) is 0 Å². The number of fused-ring (bicyclic) bond motifs is 1. The van der Waals surface area contributed by atoms with Crippen LogP contribution >= 0.6 is 11.6 Å². The fraction of sp³-hybridized carbons (Fsp3) is 0.133. The molecule has 0 amide bonds. The first-order chi connectivity index (χ1) is 9.26. The number of hydrogen-bond acceptors (Lipinski definition) is 2. The molecule has 3 rings (SSSR count). The Morgan fingerprint density at radius 3 is 2.89 bits per heavy atom. The third kappa shape index (κ3) is 2.48. The third-order valence-electron chi connectivity index (χ3n) is 3.11. The van der Waals surface area contributed by atoms with Crippen LogP contribution in [0.1, 0.15) is 16.8 Å². The SMILES string of the molecule is NCc1cccn2cc(Cc3cccc(Cl)c3)nc12. The molecule has 0 saturated heterocycles. The maximum atomic E-state index is 6.00. The third-order valence-corrected chi connectivity index (χ3v) is 3.34. The second-order valence-corrected chi connectivity index (χ2v) is 4.94. The van der Waals surface area contributed by atoms with Gasteiger partial charge in [0.15, 0.2) is 0 Å². The summed E-state index contributed by atoms with van der Waals surface area (Å²) >= 11 is 6.00. The molecule has 0 unspecified atom stereocenters. The molecule has 0 aliphatic rings. The number of nitrogens with two attached hydrogens (primary N) is 1. The highest BCUT2D eigenvalue weighted by molar-refractivity contribution is 6.30. The summed E-state index contributed by atoms with van der Waals surface area (Å²) in [5.74, 6) is 0. The number of nitrogens with zero attached hydrogens (tertiary/aromatic N) is 2. The number of halogens is 1. The second kappa shape index (κ2) is 5.03. The maximum absolute atomic E-state index is 6.00. The quantitative estimate of drug-likeness (QED) is 0.796. The van der Waals surface area contributed by atoms with Crippen LogP contribution in [0.4, 0.5) is 0 Å². The van der Waals surface area contributed by atoms with E-state index < -0.39 is 0 Å². The Labute approximate surface area is 116 Å². The van der Waals surface area contributed by atoms with Gasteiger partial charge in [-0.1, -0.05) is 29.8 Å². The van der Waals surface area contributed by atoms with Crippen LogP contribution in [0.25, 0.3) is 5.65 Å². The Morgan fingerprint density at radius 2 is 2.11 bits per heavy atom. The lowest BCUT2D eigenvalue weighted by molar-refractivity contribution is 1.04. The van der Waals surface area contributed by atoms with E-state index in [9.17, 15) is 0 Å². The molecule has 4 heteroatoms. The van der Waals surface area contributed by atoms with Crippen LogP contribution in [0.2, 0.25) is 5.02 Å². The number of hydrogen-bond donors (Lipinski definition) is 1. The lowest BCUT2D eigenvalue weighted by atomic mass is 10.1. The van der Waals surface area contributed by atoms with Crippen molar-refractivity contribution >= 4 is 17.2 Å². The van der Waals surface area contributed by atoms with Crippen molar-refractivity contribution in [3.8, 4) is 0 Å². The second-order valence-electron chi connectivity index (χ2n) is 4.51. The molecule has 0 spiro atoms. The molecule has 0 fully saturated rings. The number of aromatic nitrogens is 2.